The van der Waals surface area contributed by atoms with E-state index in [4.69, 9.17) is 16.1 Å². The van der Waals surface area contributed by atoms with Gasteiger partial charge in [0, 0.05) is 37.1 Å². The topological polar surface area (TPSA) is 75.3 Å². The number of guanidine groups is 1. The van der Waals surface area contributed by atoms with Crippen LogP contribution < -0.4 is 10.6 Å². The van der Waals surface area contributed by atoms with Gasteiger partial charge in [0.15, 0.2) is 5.96 Å². The number of aliphatic imine (C=N–C) groups is 1. The van der Waals surface area contributed by atoms with Gasteiger partial charge in [-0.1, -0.05) is 41.0 Å². The van der Waals surface area contributed by atoms with E-state index in [0.29, 0.717) is 36.2 Å². The molecule has 1 aromatic heterocycles. The van der Waals surface area contributed by atoms with E-state index in [2.05, 4.69) is 44.8 Å². The van der Waals surface area contributed by atoms with Gasteiger partial charge in [-0.2, -0.15) is 4.98 Å². The fraction of sp³-hybridized carbons (Fsp3) is 0.250. The van der Waals surface area contributed by atoms with Crippen molar-refractivity contribution in [2.45, 2.75) is 19.9 Å². The first-order valence-electron chi connectivity index (χ1n) is 8.73. The van der Waals surface area contributed by atoms with Crippen LogP contribution in [0.3, 0.4) is 0 Å². The molecule has 6 nitrogen and oxygen atoms in total. The summed E-state index contributed by atoms with van der Waals surface area (Å²) in [5.74, 6) is 1.86. The number of nitrogens with one attached hydrogen (secondary N) is 2. The molecule has 2 N–H and O–H groups in total. The molecule has 0 spiro atoms. The quantitative estimate of drug-likeness (QED) is 0.294. The van der Waals surface area contributed by atoms with Crippen molar-refractivity contribution in [1.29, 1.82) is 0 Å². The van der Waals surface area contributed by atoms with Gasteiger partial charge < -0.3 is 15.2 Å². The van der Waals surface area contributed by atoms with Crippen LogP contribution in [0.4, 0.5) is 0 Å². The van der Waals surface area contributed by atoms with E-state index in [1.807, 2.05) is 24.3 Å². The molecule has 28 heavy (non-hydrogen) atoms. The highest BCUT2D eigenvalue weighted by atomic mass is 127. The highest BCUT2D eigenvalue weighted by molar-refractivity contribution is 14.0. The molecular formula is C20H23ClIN5O. The summed E-state index contributed by atoms with van der Waals surface area (Å²) < 4.78 is 5.32. The Hall–Kier alpha value is -2.13. The number of hydrogen-bond acceptors (Lipinski definition) is 4. The van der Waals surface area contributed by atoms with Crippen LogP contribution in [0.15, 0.2) is 58.0 Å². The van der Waals surface area contributed by atoms with Gasteiger partial charge in [0.05, 0.1) is 0 Å². The van der Waals surface area contributed by atoms with E-state index in [0.717, 1.165) is 11.5 Å². The van der Waals surface area contributed by atoms with Crippen molar-refractivity contribution >= 4 is 41.5 Å². The third kappa shape index (κ3) is 6.20. The highest BCUT2D eigenvalue weighted by Crippen LogP contribution is 2.18. The van der Waals surface area contributed by atoms with Crippen LogP contribution in [-0.2, 0) is 13.0 Å². The summed E-state index contributed by atoms with van der Waals surface area (Å²) in [6.45, 7) is 3.45. The van der Waals surface area contributed by atoms with Gasteiger partial charge in [-0.15, -0.1) is 24.0 Å². The molecule has 0 aliphatic carbocycles. The Morgan fingerprint density at radius 1 is 1.11 bits per heavy atom. The van der Waals surface area contributed by atoms with Crippen LogP contribution in [0.1, 0.15) is 17.0 Å². The minimum atomic E-state index is 0. The maximum Gasteiger partial charge on any atom is 0.228 e. The average molecular weight is 512 g/mol. The standard InChI is InChI=1S/C20H22ClN5O.HI/c1-14-5-3-4-6-16(14)13-24-20(22-2)23-12-11-18-25-19(26-27-18)15-7-9-17(21)10-8-15;/h3-10H,11-13H2,1-2H3,(H2,22,23,24);1H. The van der Waals surface area contributed by atoms with Crippen molar-refractivity contribution in [1.82, 2.24) is 20.8 Å². The lowest BCUT2D eigenvalue weighted by Gasteiger charge is -2.12. The fourth-order valence-corrected chi connectivity index (χ4v) is 2.69. The molecule has 8 heteroatoms. The smallest absolute Gasteiger partial charge is 0.228 e. The van der Waals surface area contributed by atoms with Gasteiger partial charge >= 0.3 is 0 Å². The van der Waals surface area contributed by atoms with Crippen molar-refractivity contribution < 1.29 is 4.52 Å². The van der Waals surface area contributed by atoms with Crippen LogP contribution in [0.2, 0.25) is 5.02 Å². The van der Waals surface area contributed by atoms with Gasteiger partial charge in [-0.05, 0) is 42.3 Å². The predicted molar refractivity (Wildman–Crippen MR) is 123 cm³/mol. The highest BCUT2D eigenvalue weighted by Gasteiger charge is 2.09. The first-order chi connectivity index (χ1) is 13.2. The van der Waals surface area contributed by atoms with E-state index >= 15 is 0 Å². The van der Waals surface area contributed by atoms with Gasteiger partial charge in [-0.25, -0.2) is 0 Å². The molecule has 0 amide bonds. The Labute approximate surface area is 186 Å². The zero-order valence-electron chi connectivity index (χ0n) is 15.8. The van der Waals surface area contributed by atoms with E-state index in [-0.39, 0.29) is 24.0 Å². The third-order valence-electron chi connectivity index (χ3n) is 4.13. The summed E-state index contributed by atoms with van der Waals surface area (Å²) in [6, 6.07) is 15.6. The summed E-state index contributed by atoms with van der Waals surface area (Å²) >= 11 is 5.90. The number of aryl methyl sites for hydroxylation is 1. The Morgan fingerprint density at radius 2 is 1.86 bits per heavy atom. The molecule has 0 bridgehead atoms. The number of aromatic nitrogens is 2. The Balaban J connectivity index is 0.00000280. The van der Waals surface area contributed by atoms with E-state index < -0.39 is 0 Å². The molecule has 148 valence electrons. The lowest BCUT2D eigenvalue weighted by atomic mass is 10.1. The van der Waals surface area contributed by atoms with Crippen LogP contribution in [0.25, 0.3) is 11.4 Å². The zero-order valence-corrected chi connectivity index (χ0v) is 18.9. The van der Waals surface area contributed by atoms with Crippen LogP contribution in [0.5, 0.6) is 0 Å². The number of hydrogen-bond donors (Lipinski definition) is 2. The molecule has 0 radical (unpaired) electrons. The van der Waals surface area contributed by atoms with Gasteiger partial charge in [0.1, 0.15) is 0 Å². The predicted octanol–water partition coefficient (Wildman–Crippen LogP) is 4.22. The molecule has 0 aliphatic heterocycles. The second kappa shape index (κ2) is 11.0. The summed E-state index contributed by atoms with van der Waals surface area (Å²) in [5.41, 5.74) is 3.36. The minimum Gasteiger partial charge on any atom is -0.356 e. The second-order valence-corrected chi connectivity index (χ2v) is 6.48. The van der Waals surface area contributed by atoms with Gasteiger partial charge in [0.25, 0.3) is 0 Å². The van der Waals surface area contributed by atoms with Crippen molar-refractivity contribution in [2.24, 2.45) is 4.99 Å². The van der Waals surface area contributed by atoms with Crippen molar-refractivity contribution in [3.8, 4) is 11.4 Å². The average Bonchev–Trinajstić information content (AvgIpc) is 3.15. The number of rotatable bonds is 6. The summed E-state index contributed by atoms with van der Waals surface area (Å²) in [5, 5.41) is 11.3. The molecule has 0 fully saturated rings. The summed E-state index contributed by atoms with van der Waals surface area (Å²) in [7, 11) is 1.75. The summed E-state index contributed by atoms with van der Waals surface area (Å²) in [6.07, 6.45) is 0.603. The van der Waals surface area contributed by atoms with E-state index in [1.165, 1.54) is 11.1 Å². The van der Waals surface area contributed by atoms with Crippen molar-refractivity contribution in [2.75, 3.05) is 13.6 Å². The van der Waals surface area contributed by atoms with Gasteiger partial charge in [-0.3, -0.25) is 4.99 Å². The van der Waals surface area contributed by atoms with E-state index in [9.17, 15) is 0 Å². The Bertz CT molecular complexity index is 911. The SMILES string of the molecule is CN=C(NCCc1nc(-c2ccc(Cl)cc2)no1)NCc1ccccc1C.I. The number of benzene rings is 2. The Morgan fingerprint density at radius 3 is 2.57 bits per heavy atom. The molecule has 1 heterocycles. The van der Waals surface area contributed by atoms with Crippen LogP contribution in [0, 0.1) is 6.92 Å². The van der Waals surface area contributed by atoms with Crippen LogP contribution in [-0.4, -0.2) is 29.7 Å². The molecular weight excluding hydrogens is 489 g/mol. The lowest BCUT2D eigenvalue weighted by molar-refractivity contribution is 0.378. The molecule has 0 aliphatic rings. The molecule has 3 aromatic rings. The number of nitrogens with zero attached hydrogens (tertiary/aromatic N) is 3. The second-order valence-electron chi connectivity index (χ2n) is 6.05. The van der Waals surface area contributed by atoms with Gasteiger partial charge in [0.2, 0.25) is 11.7 Å². The molecule has 0 unspecified atom stereocenters. The normalized spacial score (nSPS) is 11.0. The number of halogens is 2. The molecule has 0 atom stereocenters. The third-order valence-corrected chi connectivity index (χ3v) is 4.38. The first-order valence-corrected chi connectivity index (χ1v) is 9.11. The lowest BCUT2D eigenvalue weighted by Crippen LogP contribution is -2.38. The van der Waals surface area contributed by atoms with E-state index in [1.54, 1.807) is 19.2 Å². The Kier molecular flexibility index (Phi) is 8.72. The fourth-order valence-electron chi connectivity index (χ4n) is 2.57. The van der Waals surface area contributed by atoms with Crippen LogP contribution >= 0.6 is 35.6 Å². The monoisotopic (exact) mass is 511 g/mol. The van der Waals surface area contributed by atoms with Crippen molar-refractivity contribution in [3.63, 3.8) is 0 Å². The zero-order chi connectivity index (χ0) is 19.1. The maximum absolute atomic E-state index is 5.90. The summed E-state index contributed by atoms with van der Waals surface area (Å²) in [4.78, 5) is 8.66. The maximum atomic E-state index is 5.90. The largest absolute Gasteiger partial charge is 0.356 e. The molecule has 0 saturated carbocycles. The first kappa shape index (κ1) is 22.2. The molecule has 3 rings (SSSR count). The molecule has 2 aromatic carbocycles. The molecule has 0 saturated heterocycles. The minimum absolute atomic E-state index is 0. The van der Waals surface area contributed by atoms with Crippen molar-refractivity contribution in [3.05, 3.63) is 70.6 Å².